The van der Waals surface area contributed by atoms with E-state index in [1.54, 1.807) is 17.0 Å². The van der Waals surface area contributed by atoms with Gasteiger partial charge >= 0.3 is 5.97 Å². The number of nitrogens with zero attached hydrogens (tertiary/aromatic N) is 1. The Balaban J connectivity index is 0.00000220. The van der Waals surface area contributed by atoms with Crippen molar-refractivity contribution < 1.29 is 14.7 Å². The van der Waals surface area contributed by atoms with Crippen LogP contribution in [0.25, 0.3) is 0 Å². The molecular weight excluding hydrogens is 337 g/mol. The van der Waals surface area contributed by atoms with E-state index in [1.165, 1.54) is 0 Å². The molecule has 2 rings (SSSR count). The van der Waals surface area contributed by atoms with Gasteiger partial charge in [-0.1, -0.05) is 35.3 Å². The van der Waals surface area contributed by atoms with Gasteiger partial charge in [-0.25, -0.2) is 0 Å². The zero-order chi connectivity index (χ0) is 14.7. The summed E-state index contributed by atoms with van der Waals surface area (Å²) in [6.45, 7) is 0.816. The summed E-state index contributed by atoms with van der Waals surface area (Å²) in [5.74, 6) is -1.31. The van der Waals surface area contributed by atoms with Crippen LogP contribution < -0.4 is 0 Å². The number of carboxylic acid groups (broad SMARTS) is 1. The molecule has 0 aliphatic carbocycles. The lowest BCUT2D eigenvalue weighted by Gasteiger charge is -2.16. The van der Waals surface area contributed by atoms with Gasteiger partial charge in [0, 0.05) is 19.5 Å². The molecular formula is C14H16Cl3NO3. The Morgan fingerprint density at radius 3 is 2.67 bits per heavy atom. The standard InChI is InChI=1S/C14H15Cl2NO3.ClH/c15-11-3-1-2-9(13(11)16)4-5-12(18)17-7-6-10(8-17)14(19)20;/h1-3,10H,4-8H2,(H,19,20);1H. The molecule has 0 aromatic heterocycles. The molecule has 4 nitrogen and oxygen atoms in total. The lowest BCUT2D eigenvalue weighted by Crippen LogP contribution is -2.30. The normalized spacial score (nSPS) is 17.4. The molecule has 21 heavy (non-hydrogen) atoms. The number of benzene rings is 1. The van der Waals surface area contributed by atoms with Crippen molar-refractivity contribution in [3.05, 3.63) is 33.8 Å². The molecule has 1 N–H and O–H groups in total. The van der Waals surface area contributed by atoms with Crippen molar-refractivity contribution >= 4 is 47.5 Å². The van der Waals surface area contributed by atoms with Crippen LogP contribution in [0.5, 0.6) is 0 Å². The van der Waals surface area contributed by atoms with Crippen LogP contribution in [0.4, 0.5) is 0 Å². The Kier molecular flexibility index (Phi) is 6.78. The van der Waals surface area contributed by atoms with E-state index in [4.69, 9.17) is 28.3 Å². The Bertz CT molecular complexity index is 536. The maximum atomic E-state index is 12.0. The zero-order valence-electron chi connectivity index (χ0n) is 11.2. The number of aliphatic carboxylic acids is 1. The number of halogens is 3. The topological polar surface area (TPSA) is 57.6 Å². The molecule has 0 spiro atoms. The molecule has 0 bridgehead atoms. The first kappa shape index (κ1) is 18.1. The third-order valence-corrected chi connectivity index (χ3v) is 4.39. The number of aryl methyl sites for hydroxylation is 1. The molecule has 0 saturated carbocycles. The number of amides is 1. The van der Waals surface area contributed by atoms with Gasteiger partial charge in [-0.2, -0.15) is 0 Å². The molecule has 116 valence electrons. The van der Waals surface area contributed by atoms with Gasteiger partial charge in [0.25, 0.3) is 0 Å². The second-order valence-electron chi connectivity index (χ2n) is 4.88. The number of rotatable bonds is 4. The molecule has 1 atom stereocenters. The highest BCUT2D eigenvalue weighted by Gasteiger charge is 2.30. The van der Waals surface area contributed by atoms with Gasteiger partial charge in [-0.3, -0.25) is 9.59 Å². The van der Waals surface area contributed by atoms with E-state index < -0.39 is 11.9 Å². The van der Waals surface area contributed by atoms with Crippen molar-refractivity contribution in [2.24, 2.45) is 5.92 Å². The fourth-order valence-electron chi connectivity index (χ4n) is 2.33. The second-order valence-corrected chi connectivity index (χ2v) is 5.66. The SMILES string of the molecule is Cl.O=C(O)C1CCN(C(=O)CCc2cccc(Cl)c2Cl)C1. The molecule has 1 aliphatic rings. The smallest absolute Gasteiger partial charge is 0.308 e. The molecule has 1 unspecified atom stereocenters. The van der Waals surface area contributed by atoms with Crippen molar-refractivity contribution in [1.82, 2.24) is 4.90 Å². The molecule has 1 aromatic rings. The average Bonchev–Trinajstić information content (AvgIpc) is 2.90. The first-order chi connectivity index (χ1) is 9.49. The summed E-state index contributed by atoms with van der Waals surface area (Å²) in [4.78, 5) is 24.5. The Labute approximate surface area is 139 Å². The summed E-state index contributed by atoms with van der Waals surface area (Å²) in [6, 6.07) is 5.34. The minimum absolute atomic E-state index is 0. The number of hydrogen-bond acceptors (Lipinski definition) is 2. The first-order valence-electron chi connectivity index (χ1n) is 6.42. The summed E-state index contributed by atoms with van der Waals surface area (Å²) in [6.07, 6.45) is 1.35. The largest absolute Gasteiger partial charge is 0.481 e. The molecule has 1 amide bonds. The Morgan fingerprint density at radius 2 is 2.05 bits per heavy atom. The summed E-state index contributed by atoms with van der Waals surface area (Å²) < 4.78 is 0. The highest BCUT2D eigenvalue weighted by Crippen LogP contribution is 2.27. The highest BCUT2D eigenvalue weighted by molar-refractivity contribution is 6.42. The van der Waals surface area contributed by atoms with E-state index in [0.717, 1.165) is 5.56 Å². The fourth-order valence-corrected chi connectivity index (χ4v) is 2.74. The van der Waals surface area contributed by atoms with Crippen molar-refractivity contribution in [2.45, 2.75) is 19.3 Å². The van der Waals surface area contributed by atoms with Gasteiger partial charge in [0.1, 0.15) is 0 Å². The maximum absolute atomic E-state index is 12.0. The summed E-state index contributed by atoms with van der Waals surface area (Å²) in [5, 5.41) is 9.87. The van der Waals surface area contributed by atoms with Crippen molar-refractivity contribution in [2.75, 3.05) is 13.1 Å². The number of hydrogen-bond donors (Lipinski definition) is 1. The number of carboxylic acids is 1. The first-order valence-corrected chi connectivity index (χ1v) is 7.18. The summed E-state index contributed by atoms with van der Waals surface area (Å²) in [5.41, 5.74) is 0.835. The quantitative estimate of drug-likeness (QED) is 0.904. The van der Waals surface area contributed by atoms with E-state index in [-0.39, 0.29) is 18.3 Å². The molecule has 1 aliphatic heterocycles. The Morgan fingerprint density at radius 1 is 1.33 bits per heavy atom. The van der Waals surface area contributed by atoms with Crippen molar-refractivity contribution in [3.63, 3.8) is 0 Å². The fraction of sp³-hybridized carbons (Fsp3) is 0.429. The van der Waals surface area contributed by atoms with Crippen LogP contribution in [0, 0.1) is 5.92 Å². The monoisotopic (exact) mass is 351 g/mol. The van der Waals surface area contributed by atoms with Gasteiger partial charge in [0.2, 0.25) is 5.91 Å². The van der Waals surface area contributed by atoms with Crippen molar-refractivity contribution in [3.8, 4) is 0 Å². The zero-order valence-corrected chi connectivity index (χ0v) is 13.5. The van der Waals surface area contributed by atoms with E-state index in [2.05, 4.69) is 0 Å². The van der Waals surface area contributed by atoms with Gasteiger partial charge in [-0.15, -0.1) is 12.4 Å². The lowest BCUT2D eigenvalue weighted by molar-refractivity contribution is -0.141. The third kappa shape index (κ3) is 4.50. The van der Waals surface area contributed by atoms with E-state index >= 15 is 0 Å². The number of carbonyl (C=O) groups is 2. The van der Waals surface area contributed by atoms with Gasteiger partial charge in [0.05, 0.1) is 16.0 Å². The molecule has 1 aromatic carbocycles. The molecule has 1 saturated heterocycles. The minimum Gasteiger partial charge on any atom is -0.481 e. The maximum Gasteiger partial charge on any atom is 0.308 e. The lowest BCUT2D eigenvalue weighted by atomic mass is 10.1. The Hall–Kier alpha value is -0.970. The number of likely N-dealkylation sites (tertiary alicyclic amines) is 1. The summed E-state index contributed by atoms with van der Waals surface area (Å²) >= 11 is 12.0. The summed E-state index contributed by atoms with van der Waals surface area (Å²) in [7, 11) is 0. The van der Waals surface area contributed by atoms with E-state index in [9.17, 15) is 9.59 Å². The predicted octanol–water partition coefficient (Wildman–Crippen LogP) is 3.28. The number of carbonyl (C=O) groups excluding carboxylic acids is 1. The van der Waals surface area contributed by atoms with Gasteiger partial charge in [0.15, 0.2) is 0 Å². The molecule has 0 radical (unpaired) electrons. The van der Waals surface area contributed by atoms with Crippen LogP contribution in [0.15, 0.2) is 18.2 Å². The van der Waals surface area contributed by atoms with Crippen molar-refractivity contribution in [1.29, 1.82) is 0 Å². The minimum atomic E-state index is -0.835. The highest BCUT2D eigenvalue weighted by atomic mass is 35.5. The average molecular weight is 353 g/mol. The van der Waals surface area contributed by atoms with Crippen LogP contribution in [-0.4, -0.2) is 35.0 Å². The molecule has 7 heteroatoms. The van der Waals surface area contributed by atoms with Gasteiger partial charge in [-0.05, 0) is 24.5 Å². The second kappa shape index (κ2) is 7.87. The van der Waals surface area contributed by atoms with Crippen LogP contribution in [0.2, 0.25) is 10.0 Å². The van der Waals surface area contributed by atoms with Gasteiger partial charge < -0.3 is 10.0 Å². The van der Waals surface area contributed by atoms with Crippen LogP contribution in [0.1, 0.15) is 18.4 Å². The van der Waals surface area contributed by atoms with E-state index in [1.807, 2.05) is 6.07 Å². The van der Waals surface area contributed by atoms with Crippen LogP contribution >= 0.6 is 35.6 Å². The van der Waals surface area contributed by atoms with E-state index in [0.29, 0.717) is 42.4 Å². The van der Waals surface area contributed by atoms with Crippen LogP contribution in [-0.2, 0) is 16.0 Å². The van der Waals surface area contributed by atoms with Crippen LogP contribution in [0.3, 0.4) is 0 Å². The third-order valence-electron chi connectivity index (χ3n) is 3.53. The molecule has 1 heterocycles. The molecule has 1 fully saturated rings. The predicted molar refractivity (Wildman–Crippen MR) is 84.4 cm³/mol.